The van der Waals surface area contributed by atoms with Gasteiger partial charge in [0.2, 0.25) is 0 Å². The van der Waals surface area contributed by atoms with E-state index < -0.39 is 6.16 Å². The summed E-state index contributed by atoms with van der Waals surface area (Å²) >= 11 is 0. The molecule has 0 saturated carbocycles. The van der Waals surface area contributed by atoms with Crippen LogP contribution in [0, 0.1) is 0 Å². The first-order valence-electron chi connectivity index (χ1n) is 4.98. The van der Waals surface area contributed by atoms with Crippen molar-refractivity contribution in [3.05, 3.63) is 24.7 Å². The Labute approximate surface area is 85.4 Å². The predicted octanol–water partition coefficient (Wildman–Crippen LogP) is 3.77. The van der Waals surface area contributed by atoms with E-state index in [-0.39, 0.29) is 0 Å². The predicted molar refractivity (Wildman–Crippen MR) is 55.7 cm³/mol. The molecule has 0 radical (unpaired) electrons. The fourth-order valence-corrected chi connectivity index (χ4v) is 0.705. The standard InChI is InChI=1S/C11H18O3/c1-3-5-7-9-13-11(12)14-10-8-6-4-2/h7-10H,3-6H2,1-2H3. The van der Waals surface area contributed by atoms with Gasteiger partial charge >= 0.3 is 6.16 Å². The molecule has 0 atom stereocenters. The number of allylic oxidation sites excluding steroid dienone is 2. The van der Waals surface area contributed by atoms with Crippen molar-refractivity contribution in [3.63, 3.8) is 0 Å². The van der Waals surface area contributed by atoms with Crippen LogP contribution in [0.5, 0.6) is 0 Å². The second kappa shape index (κ2) is 9.84. The minimum Gasteiger partial charge on any atom is -0.403 e. The van der Waals surface area contributed by atoms with Crippen LogP contribution in [0.2, 0.25) is 0 Å². The van der Waals surface area contributed by atoms with Crippen LogP contribution in [0.15, 0.2) is 24.7 Å². The summed E-state index contributed by atoms with van der Waals surface area (Å²) < 4.78 is 9.26. The van der Waals surface area contributed by atoms with Crippen molar-refractivity contribution in [1.29, 1.82) is 0 Å². The van der Waals surface area contributed by atoms with E-state index in [9.17, 15) is 4.79 Å². The fourth-order valence-electron chi connectivity index (χ4n) is 0.705. The van der Waals surface area contributed by atoms with Gasteiger partial charge in [0.25, 0.3) is 0 Å². The molecule has 0 aromatic carbocycles. The molecule has 0 N–H and O–H groups in total. The van der Waals surface area contributed by atoms with Crippen molar-refractivity contribution in [1.82, 2.24) is 0 Å². The first kappa shape index (κ1) is 12.8. The summed E-state index contributed by atoms with van der Waals surface area (Å²) in [5.74, 6) is 0. The zero-order chi connectivity index (χ0) is 10.6. The average molecular weight is 198 g/mol. The Hall–Kier alpha value is -1.25. The number of rotatable bonds is 6. The van der Waals surface area contributed by atoms with E-state index in [0.29, 0.717) is 0 Å². The minimum atomic E-state index is -0.690. The van der Waals surface area contributed by atoms with E-state index in [1.165, 1.54) is 12.5 Å². The summed E-state index contributed by atoms with van der Waals surface area (Å²) in [5.41, 5.74) is 0. The van der Waals surface area contributed by atoms with Gasteiger partial charge in [-0.15, -0.1) is 0 Å². The van der Waals surface area contributed by atoms with Gasteiger partial charge in [0.15, 0.2) is 0 Å². The van der Waals surface area contributed by atoms with E-state index in [1.807, 2.05) is 0 Å². The Bertz CT molecular complexity index is 175. The minimum absolute atomic E-state index is 0.690. The molecule has 0 aromatic rings. The van der Waals surface area contributed by atoms with Crippen LogP contribution in [0.1, 0.15) is 39.5 Å². The third-order valence-electron chi connectivity index (χ3n) is 1.43. The van der Waals surface area contributed by atoms with Gasteiger partial charge in [0, 0.05) is 0 Å². The molecule has 0 aliphatic heterocycles. The van der Waals surface area contributed by atoms with Crippen LogP contribution in [-0.4, -0.2) is 6.16 Å². The number of hydrogen-bond acceptors (Lipinski definition) is 3. The second-order valence-electron chi connectivity index (χ2n) is 2.81. The van der Waals surface area contributed by atoms with Gasteiger partial charge in [-0.2, -0.15) is 0 Å². The molecule has 80 valence electrons. The molecule has 3 heteroatoms. The summed E-state index contributed by atoms with van der Waals surface area (Å²) in [6, 6.07) is 0. The molecule has 14 heavy (non-hydrogen) atoms. The van der Waals surface area contributed by atoms with E-state index >= 15 is 0 Å². The topological polar surface area (TPSA) is 35.5 Å². The van der Waals surface area contributed by atoms with Gasteiger partial charge in [-0.05, 0) is 25.0 Å². The molecule has 0 amide bonds. The van der Waals surface area contributed by atoms with Gasteiger partial charge in [0.05, 0.1) is 12.5 Å². The van der Waals surface area contributed by atoms with Crippen LogP contribution >= 0.6 is 0 Å². The van der Waals surface area contributed by atoms with Crippen LogP contribution in [0.4, 0.5) is 4.79 Å². The molecule has 0 bridgehead atoms. The summed E-state index contributed by atoms with van der Waals surface area (Å²) in [6.07, 6.45) is 9.48. The lowest BCUT2D eigenvalue weighted by Gasteiger charge is -1.95. The van der Waals surface area contributed by atoms with Crippen LogP contribution in [-0.2, 0) is 9.47 Å². The van der Waals surface area contributed by atoms with Crippen molar-refractivity contribution in [2.45, 2.75) is 39.5 Å². The van der Waals surface area contributed by atoms with E-state index in [1.54, 1.807) is 12.2 Å². The van der Waals surface area contributed by atoms with Crippen molar-refractivity contribution >= 4 is 6.16 Å². The quantitative estimate of drug-likeness (QED) is 0.481. The smallest absolute Gasteiger partial charge is 0.403 e. The molecule has 0 unspecified atom stereocenters. The summed E-state index contributed by atoms with van der Waals surface area (Å²) in [6.45, 7) is 4.10. The molecule has 0 fully saturated rings. The maximum Gasteiger partial charge on any atom is 0.518 e. The highest BCUT2D eigenvalue weighted by atomic mass is 16.7. The highest BCUT2D eigenvalue weighted by Crippen LogP contribution is 1.94. The Morgan fingerprint density at radius 1 is 1.00 bits per heavy atom. The Morgan fingerprint density at radius 2 is 1.43 bits per heavy atom. The zero-order valence-electron chi connectivity index (χ0n) is 8.86. The molecular formula is C11H18O3. The van der Waals surface area contributed by atoms with Crippen molar-refractivity contribution in [2.75, 3.05) is 0 Å². The van der Waals surface area contributed by atoms with Crippen molar-refractivity contribution < 1.29 is 14.3 Å². The molecule has 0 spiro atoms. The number of hydrogen-bond donors (Lipinski definition) is 0. The zero-order valence-corrected chi connectivity index (χ0v) is 8.86. The second-order valence-corrected chi connectivity index (χ2v) is 2.81. The normalized spacial score (nSPS) is 11.0. The lowest BCUT2D eigenvalue weighted by Crippen LogP contribution is -1.97. The largest absolute Gasteiger partial charge is 0.518 e. The lowest BCUT2D eigenvalue weighted by molar-refractivity contribution is 0.119. The van der Waals surface area contributed by atoms with E-state index in [0.717, 1.165) is 25.7 Å². The molecule has 3 nitrogen and oxygen atoms in total. The number of carbonyl (C=O) groups is 1. The lowest BCUT2D eigenvalue weighted by atomic mass is 10.3. The Kier molecular flexibility index (Phi) is 8.96. The summed E-state index contributed by atoms with van der Waals surface area (Å²) in [4.78, 5) is 10.8. The third kappa shape index (κ3) is 8.84. The molecule has 0 aliphatic rings. The maximum absolute atomic E-state index is 10.8. The molecule has 0 aliphatic carbocycles. The monoisotopic (exact) mass is 198 g/mol. The van der Waals surface area contributed by atoms with Gasteiger partial charge < -0.3 is 9.47 Å². The molecule has 0 aromatic heterocycles. The molecule has 0 heterocycles. The molecule has 0 saturated heterocycles. The Morgan fingerprint density at radius 3 is 1.79 bits per heavy atom. The van der Waals surface area contributed by atoms with Gasteiger partial charge in [-0.1, -0.05) is 26.7 Å². The van der Waals surface area contributed by atoms with Gasteiger partial charge in [-0.3, -0.25) is 0 Å². The number of carbonyl (C=O) groups excluding carboxylic acids is 1. The highest BCUT2D eigenvalue weighted by molar-refractivity contribution is 5.61. The molecular weight excluding hydrogens is 180 g/mol. The third-order valence-corrected chi connectivity index (χ3v) is 1.43. The number of ether oxygens (including phenoxy) is 2. The van der Waals surface area contributed by atoms with Gasteiger partial charge in [-0.25, -0.2) is 4.79 Å². The fraction of sp³-hybridized carbons (Fsp3) is 0.545. The van der Waals surface area contributed by atoms with Crippen LogP contribution < -0.4 is 0 Å². The van der Waals surface area contributed by atoms with Crippen molar-refractivity contribution in [3.8, 4) is 0 Å². The van der Waals surface area contributed by atoms with E-state index in [2.05, 4.69) is 23.3 Å². The van der Waals surface area contributed by atoms with Crippen molar-refractivity contribution in [2.24, 2.45) is 0 Å². The summed E-state index contributed by atoms with van der Waals surface area (Å²) in [5, 5.41) is 0. The van der Waals surface area contributed by atoms with Gasteiger partial charge in [0.1, 0.15) is 0 Å². The highest BCUT2D eigenvalue weighted by Gasteiger charge is 1.96. The van der Waals surface area contributed by atoms with Crippen LogP contribution in [0.3, 0.4) is 0 Å². The van der Waals surface area contributed by atoms with Crippen LogP contribution in [0.25, 0.3) is 0 Å². The Balaban J connectivity index is 3.45. The SMILES string of the molecule is CCCC=COC(=O)OC=CCCC. The van der Waals surface area contributed by atoms with E-state index in [4.69, 9.17) is 0 Å². The first-order chi connectivity index (χ1) is 6.81. The first-order valence-corrected chi connectivity index (χ1v) is 4.98. The summed E-state index contributed by atoms with van der Waals surface area (Å²) in [7, 11) is 0. The average Bonchev–Trinajstić information content (AvgIpc) is 2.19. The maximum atomic E-state index is 10.8. The molecule has 0 rings (SSSR count). The number of unbranched alkanes of at least 4 members (excludes halogenated alkanes) is 2.